The number of aryl methyl sites for hydroxylation is 1. The number of rotatable bonds is 2. The Bertz CT molecular complexity index is 614. The molecule has 0 atom stereocenters. The lowest BCUT2D eigenvalue weighted by Crippen LogP contribution is -2.15. The van der Waals surface area contributed by atoms with Gasteiger partial charge in [0.1, 0.15) is 5.82 Å². The summed E-state index contributed by atoms with van der Waals surface area (Å²) >= 11 is 3.49. The molecule has 4 nitrogen and oxygen atoms in total. The second kappa shape index (κ2) is 5.56. The largest absolute Gasteiger partial charge is 0.397 e. The fourth-order valence-electron chi connectivity index (χ4n) is 3.06. The molecule has 0 unspecified atom stereocenters. The smallest absolute Gasteiger partial charge is 0.166 e. The van der Waals surface area contributed by atoms with Crippen LogP contribution in [0.15, 0.2) is 22.7 Å². The lowest BCUT2D eigenvalue weighted by Gasteiger charge is -2.25. The van der Waals surface area contributed by atoms with Crippen molar-refractivity contribution in [1.82, 2.24) is 14.8 Å². The van der Waals surface area contributed by atoms with Crippen molar-refractivity contribution in [2.45, 2.75) is 45.1 Å². The predicted octanol–water partition coefficient (Wildman–Crippen LogP) is 4.10. The van der Waals surface area contributed by atoms with E-state index in [0.717, 1.165) is 27.4 Å². The molecule has 1 aromatic heterocycles. The van der Waals surface area contributed by atoms with Crippen LogP contribution in [-0.4, -0.2) is 14.8 Å². The minimum Gasteiger partial charge on any atom is -0.397 e. The molecule has 0 amide bonds. The Morgan fingerprint density at radius 2 is 1.95 bits per heavy atom. The Labute approximate surface area is 127 Å². The zero-order valence-electron chi connectivity index (χ0n) is 11.6. The Morgan fingerprint density at radius 1 is 1.20 bits per heavy atom. The molecule has 0 radical (unpaired) electrons. The number of hydrogen-bond donors (Lipinski definition) is 1. The summed E-state index contributed by atoms with van der Waals surface area (Å²) in [7, 11) is 0. The molecule has 1 aliphatic carbocycles. The van der Waals surface area contributed by atoms with Gasteiger partial charge in [0.2, 0.25) is 0 Å². The summed E-state index contributed by atoms with van der Waals surface area (Å²) in [5.41, 5.74) is 7.89. The summed E-state index contributed by atoms with van der Waals surface area (Å²) in [6, 6.07) is 6.47. The molecular weight excluding hydrogens is 316 g/mol. The summed E-state index contributed by atoms with van der Waals surface area (Å²) in [6.07, 6.45) is 6.33. The second-order valence-corrected chi connectivity index (χ2v) is 6.29. The number of aromatic nitrogens is 3. The third-order valence-electron chi connectivity index (χ3n) is 4.10. The number of nitrogens with two attached hydrogens (primary N) is 1. The Hall–Kier alpha value is -1.36. The Kier molecular flexibility index (Phi) is 3.78. The van der Waals surface area contributed by atoms with Crippen LogP contribution in [0.5, 0.6) is 0 Å². The molecule has 0 saturated heterocycles. The first kappa shape index (κ1) is 13.6. The summed E-state index contributed by atoms with van der Waals surface area (Å²) in [4.78, 5) is 0. The standard InChI is InChI=1S/C15H19BrN4/c1-10-18-19-15(12-8-5-9-13(16)14(12)17)20(10)11-6-3-2-4-7-11/h5,8-9,11H,2-4,6-7,17H2,1H3. The van der Waals surface area contributed by atoms with E-state index in [4.69, 9.17) is 5.73 Å². The van der Waals surface area contributed by atoms with Crippen molar-refractivity contribution < 1.29 is 0 Å². The average molecular weight is 335 g/mol. The molecular formula is C15H19BrN4. The van der Waals surface area contributed by atoms with Crippen LogP contribution in [0.1, 0.15) is 44.0 Å². The fraction of sp³-hybridized carbons (Fsp3) is 0.467. The fourth-order valence-corrected chi connectivity index (χ4v) is 3.43. The molecule has 5 heteroatoms. The summed E-state index contributed by atoms with van der Waals surface area (Å²) in [5, 5.41) is 8.66. The van der Waals surface area contributed by atoms with Gasteiger partial charge in [0.15, 0.2) is 5.82 Å². The highest BCUT2D eigenvalue weighted by Gasteiger charge is 2.23. The molecule has 1 heterocycles. The van der Waals surface area contributed by atoms with Crippen LogP contribution >= 0.6 is 15.9 Å². The van der Waals surface area contributed by atoms with Gasteiger partial charge in [-0.1, -0.05) is 25.3 Å². The third kappa shape index (κ3) is 2.35. The molecule has 2 N–H and O–H groups in total. The van der Waals surface area contributed by atoms with Crippen LogP contribution in [-0.2, 0) is 0 Å². The van der Waals surface area contributed by atoms with Crippen LogP contribution in [0.25, 0.3) is 11.4 Å². The van der Waals surface area contributed by atoms with Gasteiger partial charge in [0, 0.05) is 16.1 Å². The van der Waals surface area contributed by atoms with E-state index in [0.29, 0.717) is 6.04 Å². The molecule has 1 fully saturated rings. The van der Waals surface area contributed by atoms with Crippen molar-refractivity contribution in [1.29, 1.82) is 0 Å². The second-order valence-electron chi connectivity index (χ2n) is 5.43. The van der Waals surface area contributed by atoms with Crippen molar-refractivity contribution in [3.63, 3.8) is 0 Å². The van der Waals surface area contributed by atoms with E-state index in [-0.39, 0.29) is 0 Å². The summed E-state index contributed by atoms with van der Waals surface area (Å²) in [6.45, 7) is 2.03. The van der Waals surface area contributed by atoms with Gasteiger partial charge in [-0.3, -0.25) is 0 Å². The molecule has 3 rings (SSSR count). The molecule has 1 aliphatic rings. The first-order chi connectivity index (χ1) is 9.68. The first-order valence-corrected chi connectivity index (χ1v) is 7.93. The van der Waals surface area contributed by atoms with Crippen LogP contribution in [0.2, 0.25) is 0 Å². The molecule has 0 bridgehead atoms. The number of hydrogen-bond acceptors (Lipinski definition) is 3. The normalized spacial score (nSPS) is 16.5. The van der Waals surface area contributed by atoms with E-state index < -0.39 is 0 Å². The van der Waals surface area contributed by atoms with E-state index in [1.165, 1.54) is 32.1 Å². The van der Waals surface area contributed by atoms with Crippen molar-refractivity contribution >= 4 is 21.6 Å². The molecule has 20 heavy (non-hydrogen) atoms. The topological polar surface area (TPSA) is 56.7 Å². The average Bonchev–Trinajstić information content (AvgIpc) is 2.84. The third-order valence-corrected chi connectivity index (χ3v) is 4.79. The van der Waals surface area contributed by atoms with Crippen molar-refractivity contribution in [3.05, 3.63) is 28.5 Å². The highest BCUT2D eigenvalue weighted by Crippen LogP contribution is 2.36. The van der Waals surface area contributed by atoms with Crippen molar-refractivity contribution in [2.75, 3.05) is 5.73 Å². The number of halogens is 1. The number of benzene rings is 1. The maximum Gasteiger partial charge on any atom is 0.166 e. The number of nitrogens with zero attached hydrogens (tertiary/aromatic N) is 3. The van der Waals surface area contributed by atoms with Crippen molar-refractivity contribution in [3.8, 4) is 11.4 Å². The van der Waals surface area contributed by atoms with E-state index in [1.807, 2.05) is 25.1 Å². The molecule has 1 aromatic carbocycles. The maximum absolute atomic E-state index is 6.19. The number of para-hydroxylation sites is 1. The van der Waals surface area contributed by atoms with Gasteiger partial charge in [0.25, 0.3) is 0 Å². The van der Waals surface area contributed by atoms with Gasteiger partial charge in [-0.25, -0.2) is 0 Å². The van der Waals surface area contributed by atoms with Crippen LogP contribution in [0.4, 0.5) is 5.69 Å². The monoisotopic (exact) mass is 334 g/mol. The highest BCUT2D eigenvalue weighted by molar-refractivity contribution is 9.10. The van der Waals surface area contributed by atoms with Gasteiger partial charge in [-0.15, -0.1) is 10.2 Å². The zero-order chi connectivity index (χ0) is 14.1. The maximum atomic E-state index is 6.19. The molecule has 0 spiro atoms. The predicted molar refractivity (Wildman–Crippen MR) is 84.4 cm³/mol. The molecule has 1 saturated carbocycles. The van der Waals surface area contributed by atoms with E-state index in [9.17, 15) is 0 Å². The van der Waals surface area contributed by atoms with E-state index in [2.05, 4.69) is 30.7 Å². The van der Waals surface area contributed by atoms with Gasteiger partial charge in [-0.05, 0) is 47.8 Å². The quantitative estimate of drug-likeness (QED) is 0.841. The van der Waals surface area contributed by atoms with E-state index in [1.54, 1.807) is 0 Å². The van der Waals surface area contributed by atoms with Gasteiger partial charge < -0.3 is 10.3 Å². The summed E-state index contributed by atoms with van der Waals surface area (Å²) < 4.78 is 3.18. The lowest BCUT2D eigenvalue weighted by molar-refractivity contribution is 0.350. The minimum atomic E-state index is 0.507. The Balaban J connectivity index is 2.08. The molecule has 0 aliphatic heterocycles. The first-order valence-electron chi connectivity index (χ1n) is 7.14. The molecule has 106 valence electrons. The van der Waals surface area contributed by atoms with Gasteiger partial charge in [-0.2, -0.15) is 0 Å². The zero-order valence-corrected chi connectivity index (χ0v) is 13.2. The minimum absolute atomic E-state index is 0.507. The molecule has 2 aromatic rings. The highest BCUT2D eigenvalue weighted by atomic mass is 79.9. The number of nitrogen functional groups attached to an aromatic ring is 1. The van der Waals surface area contributed by atoms with Crippen molar-refractivity contribution in [2.24, 2.45) is 0 Å². The van der Waals surface area contributed by atoms with Crippen LogP contribution in [0.3, 0.4) is 0 Å². The van der Waals surface area contributed by atoms with Gasteiger partial charge >= 0.3 is 0 Å². The van der Waals surface area contributed by atoms with Crippen LogP contribution in [0, 0.1) is 6.92 Å². The Morgan fingerprint density at radius 3 is 2.70 bits per heavy atom. The lowest BCUT2D eigenvalue weighted by atomic mass is 9.95. The number of anilines is 1. The van der Waals surface area contributed by atoms with Gasteiger partial charge in [0.05, 0.1) is 5.69 Å². The SMILES string of the molecule is Cc1nnc(-c2cccc(Br)c2N)n1C1CCCCC1. The van der Waals surface area contributed by atoms with E-state index >= 15 is 0 Å². The summed E-state index contributed by atoms with van der Waals surface area (Å²) in [5.74, 6) is 1.87. The van der Waals surface area contributed by atoms with Crippen LogP contribution < -0.4 is 5.73 Å².